The van der Waals surface area contributed by atoms with Crippen molar-refractivity contribution < 1.29 is 14.7 Å². The lowest BCUT2D eigenvalue weighted by Gasteiger charge is -2.41. The van der Waals surface area contributed by atoms with Crippen molar-refractivity contribution in [2.75, 3.05) is 13.1 Å². The van der Waals surface area contributed by atoms with Crippen LogP contribution >= 0.6 is 0 Å². The molecule has 0 aromatic rings. The zero-order valence-corrected chi connectivity index (χ0v) is 11.1. The highest BCUT2D eigenvalue weighted by molar-refractivity contribution is 5.86. The number of likely N-dealkylation sites (tertiary alicyclic amines) is 1. The summed E-state index contributed by atoms with van der Waals surface area (Å²) in [4.78, 5) is 25.0. The maximum Gasteiger partial charge on any atom is 0.329 e. The minimum atomic E-state index is -1.04. The van der Waals surface area contributed by atoms with Crippen LogP contribution in [0.5, 0.6) is 0 Å². The second kappa shape index (κ2) is 4.78. The van der Waals surface area contributed by atoms with Gasteiger partial charge in [-0.05, 0) is 44.4 Å². The molecule has 102 valence electrons. The molecule has 5 nitrogen and oxygen atoms in total. The number of hydrogen-bond donors (Lipinski definition) is 2. The summed E-state index contributed by atoms with van der Waals surface area (Å²) in [5.41, 5.74) is -1.04. The second-order valence-corrected chi connectivity index (χ2v) is 5.85. The first-order valence-electron chi connectivity index (χ1n) is 6.74. The summed E-state index contributed by atoms with van der Waals surface area (Å²) in [6, 6.07) is -0.223. The number of carboxylic acid groups (broad SMARTS) is 1. The molecule has 1 heterocycles. The Morgan fingerprint density at radius 3 is 2.67 bits per heavy atom. The molecule has 5 heteroatoms. The first-order chi connectivity index (χ1) is 8.45. The minimum absolute atomic E-state index is 0.223. The number of carbonyl (C=O) groups excluding carboxylic acids is 1. The first-order valence-corrected chi connectivity index (χ1v) is 6.74. The predicted octanol–water partition coefficient (Wildman–Crippen LogP) is 1.68. The van der Waals surface area contributed by atoms with Gasteiger partial charge >= 0.3 is 12.0 Å². The molecule has 2 amide bonds. The number of aliphatic carboxylic acids is 1. The molecule has 1 aliphatic carbocycles. The van der Waals surface area contributed by atoms with Gasteiger partial charge in [0, 0.05) is 13.1 Å². The second-order valence-electron chi connectivity index (χ2n) is 5.85. The number of nitrogens with one attached hydrogen (secondary N) is 1. The molecular weight excluding hydrogens is 232 g/mol. The molecule has 0 radical (unpaired) electrons. The van der Waals surface area contributed by atoms with Gasteiger partial charge < -0.3 is 15.3 Å². The van der Waals surface area contributed by atoms with Crippen molar-refractivity contribution >= 4 is 12.0 Å². The molecule has 0 aromatic carbocycles. The van der Waals surface area contributed by atoms with E-state index in [4.69, 9.17) is 0 Å². The van der Waals surface area contributed by atoms with E-state index in [2.05, 4.69) is 12.2 Å². The molecule has 18 heavy (non-hydrogen) atoms. The molecule has 0 spiro atoms. The molecule has 2 fully saturated rings. The maximum absolute atomic E-state index is 12.1. The Morgan fingerprint density at radius 2 is 2.11 bits per heavy atom. The highest BCUT2D eigenvalue weighted by atomic mass is 16.4. The Hall–Kier alpha value is -1.26. The average Bonchev–Trinajstić information content (AvgIpc) is 3.03. The van der Waals surface area contributed by atoms with E-state index in [1.54, 1.807) is 6.92 Å². The van der Waals surface area contributed by atoms with Crippen LogP contribution in [0, 0.1) is 11.8 Å². The Labute approximate surface area is 108 Å². The zero-order valence-electron chi connectivity index (χ0n) is 11.1. The standard InChI is InChI=1S/C13H22N2O3/c1-9-7-10(9)8-14-12(18)15-6-4-3-5-13(15,2)11(16)17/h9-10H,3-8H2,1-2H3,(H,14,18)(H,16,17). The van der Waals surface area contributed by atoms with Crippen molar-refractivity contribution in [1.29, 1.82) is 0 Å². The van der Waals surface area contributed by atoms with E-state index in [1.165, 1.54) is 4.90 Å². The summed E-state index contributed by atoms with van der Waals surface area (Å²) in [6.45, 7) is 5.02. The topological polar surface area (TPSA) is 69.6 Å². The fourth-order valence-electron chi connectivity index (χ4n) is 2.67. The number of nitrogens with zero attached hydrogens (tertiary/aromatic N) is 1. The molecule has 1 aliphatic heterocycles. The molecule has 1 saturated carbocycles. The third-order valence-electron chi connectivity index (χ3n) is 4.39. The summed E-state index contributed by atoms with van der Waals surface area (Å²) in [6.07, 6.45) is 3.45. The lowest BCUT2D eigenvalue weighted by molar-refractivity contribution is -0.150. The van der Waals surface area contributed by atoms with Gasteiger partial charge in [0.1, 0.15) is 5.54 Å². The number of urea groups is 1. The lowest BCUT2D eigenvalue weighted by Crippen LogP contribution is -2.60. The highest BCUT2D eigenvalue weighted by Crippen LogP contribution is 2.37. The molecule has 2 N–H and O–H groups in total. The van der Waals surface area contributed by atoms with Crippen LogP contribution in [0.2, 0.25) is 0 Å². The van der Waals surface area contributed by atoms with Gasteiger partial charge in [0.2, 0.25) is 0 Å². The van der Waals surface area contributed by atoms with E-state index in [-0.39, 0.29) is 6.03 Å². The van der Waals surface area contributed by atoms with Crippen molar-refractivity contribution in [1.82, 2.24) is 10.2 Å². The fourth-order valence-corrected chi connectivity index (χ4v) is 2.67. The molecule has 3 atom stereocenters. The number of amides is 2. The predicted molar refractivity (Wildman–Crippen MR) is 67.3 cm³/mol. The van der Waals surface area contributed by atoms with Gasteiger partial charge in [-0.1, -0.05) is 6.92 Å². The maximum atomic E-state index is 12.1. The van der Waals surface area contributed by atoms with E-state index in [0.29, 0.717) is 31.3 Å². The first kappa shape index (κ1) is 13.2. The molecule has 2 aliphatic rings. The third-order valence-corrected chi connectivity index (χ3v) is 4.39. The third kappa shape index (κ3) is 2.44. The number of carboxylic acids is 1. The van der Waals surface area contributed by atoms with Gasteiger partial charge in [0.05, 0.1) is 0 Å². The minimum Gasteiger partial charge on any atom is -0.480 e. The molecule has 1 saturated heterocycles. The molecule has 0 aromatic heterocycles. The molecule has 3 unspecified atom stereocenters. The largest absolute Gasteiger partial charge is 0.480 e. The van der Waals surface area contributed by atoms with Crippen molar-refractivity contribution in [2.24, 2.45) is 11.8 Å². The van der Waals surface area contributed by atoms with Crippen LogP contribution in [-0.2, 0) is 4.79 Å². The number of hydrogen-bond acceptors (Lipinski definition) is 2. The highest BCUT2D eigenvalue weighted by Gasteiger charge is 2.44. The van der Waals surface area contributed by atoms with E-state index in [1.807, 2.05) is 0 Å². The van der Waals surface area contributed by atoms with Crippen LogP contribution in [0.15, 0.2) is 0 Å². The number of piperidine rings is 1. The fraction of sp³-hybridized carbons (Fsp3) is 0.846. The van der Waals surface area contributed by atoms with Crippen LogP contribution in [0.3, 0.4) is 0 Å². The van der Waals surface area contributed by atoms with E-state index in [0.717, 1.165) is 19.3 Å². The van der Waals surface area contributed by atoms with E-state index in [9.17, 15) is 14.7 Å². The Kier molecular flexibility index (Phi) is 3.50. The van der Waals surface area contributed by atoms with Crippen molar-refractivity contribution in [3.8, 4) is 0 Å². The Bertz CT molecular complexity index is 358. The quantitative estimate of drug-likeness (QED) is 0.805. The SMILES string of the molecule is CC1CC1CNC(=O)N1CCCCC1(C)C(=O)O. The smallest absolute Gasteiger partial charge is 0.329 e. The Balaban J connectivity index is 1.95. The lowest BCUT2D eigenvalue weighted by atomic mass is 9.89. The zero-order chi connectivity index (χ0) is 13.3. The van der Waals surface area contributed by atoms with Crippen molar-refractivity contribution in [3.63, 3.8) is 0 Å². The van der Waals surface area contributed by atoms with E-state index < -0.39 is 11.5 Å². The van der Waals surface area contributed by atoms with Gasteiger partial charge in [0.25, 0.3) is 0 Å². The van der Waals surface area contributed by atoms with Crippen LogP contribution in [0.25, 0.3) is 0 Å². The van der Waals surface area contributed by atoms with Crippen molar-refractivity contribution in [2.45, 2.75) is 45.1 Å². The van der Waals surface area contributed by atoms with Crippen LogP contribution in [0.1, 0.15) is 39.5 Å². The van der Waals surface area contributed by atoms with Gasteiger partial charge in [-0.15, -0.1) is 0 Å². The summed E-state index contributed by atoms with van der Waals surface area (Å²) in [7, 11) is 0. The van der Waals surface area contributed by atoms with Gasteiger partial charge in [0.15, 0.2) is 0 Å². The summed E-state index contributed by atoms with van der Waals surface area (Å²) in [5.74, 6) is 0.365. The normalized spacial score (nSPS) is 35.1. The average molecular weight is 254 g/mol. The van der Waals surface area contributed by atoms with Gasteiger partial charge in [-0.2, -0.15) is 0 Å². The van der Waals surface area contributed by atoms with Gasteiger partial charge in [-0.25, -0.2) is 9.59 Å². The van der Waals surface area contributed by atoms with Crippen LogP contribution < -0.4 is 5.32 Å². The molecule has 0 bridgehead atoms. The number of rotatable bonds is 3. The van der Waals surface area contributed by atoms with Crippen LogP contribution in [0.4, 0.5) is 4.79 Å². The molecular formula is C13H22N2O3. The van der Waals surface area contributed by atoms with E-state index >= 15 is 0 Å². The van der Waals surface area contributed by atoms with Crippen molar-refractivity contribution in [3.05, 3.63) is 0 Å². The molecule has 2 rings (SSSR count). The van der Waals surface area contributed by atoms with Crippen LogP contribution in [-0.4, -0.2) is 40.6 Å². The number of carbonyl (C=O) groups is 2. The monoisotopic (exact) mass is 254 g/mol. The summed E-state index contributed by atoms with van der Waals surface area (Å²) >= 11 is 0. The Morgan fingerprint density at radius 1 is 1.44 bits per heavy atom. The van der Waals surface area contributed by atoms with Gasteiger partial charge in [-0.3, -0.25) is 0 Å². The summed E-state index contributed by atoms with van der Waals surface area (Å²) in [5, 5.41) is 12.2. The summed E-state index contributed by atoms with van der Waals surface area (Å²) < 4.78 is 0.